The predicted octanol–water partition coefficient (Wildman–Crippen LogP) is 4.78. The molecule has 0 bridgehead atoms. The van der Waals surface area contributed by atoms with E-state index in [1.807, 2.05) is 5.32 Å². The molecule has 0 unspecified atom stereocenters. The highest BCUT2D eigenvalue weighted by molar-refractivity contribution is 6.00. The summed E-state index contributed by atoms with van der Waals surface area (Å²) >= 11 is 0. The van der Waals surface area contributed by atoms with Crippen LogP contribution in [0.4, 0.5) is 30.7 Å². The largest absolute Gasteiger partial charge is 0.494 e. The standard InChI is InChI=1S/C30H23F7N4O5/c1-27(26(38)43)13-46-24-19(27)10-21(41-23(24)14-3-5-18(31)6-4-14)28(44,30(35,36)37)12-40-25(42)16-7-15-8-17(29(32,33)34)11-39-22(15)20(9-16)45-2/h3-11,44H,12-13H2,1-2H3,(H2,38,43)(H,40,42)/t27-,28-/m0/s1. The molecule has 0 aliphatic carbocycles. The number of halogens is 7. The van der Waals surface area contributed by atoms with Crippen LogP contribution in [0.5, 0.6) is 11.5 Å². The zero-order valence-electron chi connectivity index (χ0n) is 23.8. The molecule has 2 atom stereocenters. The zero-order valence-corrected chi connectivity index (χ0v) is 23.8. The number of primary amides is 1. The van der Waals surface area contributed by atoms with Gasteiger partial charge in [0.05, 0.1) is 24.9 Å². The molecule has 9 nitrogen and oxygen atoms in total. The number of pyridine rings is 2. The minimum absolute atomic E-state index is 0.0470. The maximum Gasteiger partial charge on any atom is 0.424 e. The second-order valence-electron chi connectivity index (χ2n) is 10.7. The number of nitrogens with two attached hydrogens (primary N) is 1. The lowest BCUT2D eigenvalue weighted by atomic mass is 9.81. The minimum atomic E-state index is -5.49. The van der Waals surface area contributed by atoms with Crippen LogP contribution in [0, 0.1) is 5.82 Å². The van der Waals surface area contributed by atoms with Gasteiger partial charge in [-0.1, -0.05) is 0 Å². The van der Waals surface area contributed by atoms with E-state index in [9.17, 15) is 45.4 Å². The number of hydrogen-bond donors (Lipinski definition) is 3. The molecular formula is C30H23F7N4O5. The molecule has 2 aromatic heterocycles. The molecule has 0 saturated heterocycles. The first-order valence-corrected chi connectivity index (χ1v) is 13.3. The van der Waals surface area contributed by atoms with Crippen LogP contribution < -0.4 is 20.5 Å². The zero-order chi connectivity index (χ0) is 33.8. The molecule has 0 radical (unpaired) electrons. The van der Waals surface area contributed by atoms with Gasteiger partial charge in [-0.25, -0.2) is 9.37 Å². The number of rotatable bonds is 7. The average Bonchev–Trinajstić information content (AvgIpc) is 3.35. The number of aromatic nitrogens is 2. The first-order valence-electron chi connectivity index (χ1n) is 13.3. The van der Waals surface area contributed by atoms with E-state index in [-0.39, 0.29) is 45.8 Å². The summed E-state index contributed by atoms with van der Waals surface area (Å²) in [5.74, 6) is -3.08. The molecule has 4 N–H and O–H groups in total. The Morgan fingerprint density at radius 3 is 2.35 bits per heavy atom. The van der Waals surface area contributed by atoms with Gasteiger partial charge < -0.3 is 25.6 Å². The van der Waals surface area contributed by atoms with Gasteiger partial charge in [-0.2, -0.15) is 26.3 Å². The molecule has 46 heavy (non-hydrogen) atoms. The van der Waals surface area contributed by atoms with Gasteiger partial charge in [-0.05, 0) is 55.5 Å². The van der Waals surface area contributed by atoms with Gasteiger partial charge in [-0.3, -0.25) is 14.6 Å². The van der Waals surface area contributed by atoms with E-state index in [0.29, 0.717) is 12.3 Å². The number of benzene rings is 2. The van der Waals surface area contributed by atoms with Crippen molar-refractivity contribution in [1.29, 1.82) is 0 Å². The van der Waals surface area contributed by atoms with E-state index in [1.165, 1.54) is 19.1 Å². The summed E-state index contributed by atoms with van der Waals surface area (Å²) in [5, 5.41) is 13.0. The highest BCUT2D eigenvalue weighted by Crippen LogP contribution is 2.47. The number of methoxy groups -OCH3 is 1. The van der Waals surface area contributed by atoms with Gasteiger partial charge in [0.1, 0.15) is 40.5 Å². The highest BCUT2D eigenvalue weighted by atomic mass is 19.4. The van der Waals surface area contributed by atoms with Crippen molar-refractivity contribution in [2.45, 2.75) is 30.3 Å². The number of nitrogens with zero attached hydrogens (tertiary/aromatic N) is 2. The van der Waals surface area contributed by atoms with E-state index in [2.05, 4.69) is 9.97 Å². The molecule has 0 saturated carbocycles. The van der Waals surface area contributed by atoms with Gasteiger partial charge in [0, 0.05) is 28.3 Å². The summed E-state index contributed by atoms with van der Waals surface area (Å²) in [7, 11) is 1.15. The number of hydrogen-bond acceptors (Lipinski definition) is 7. The third-order valence-corrected chi connectivity index (χ3v) is 7.69. The van der Waals surface area contributed by atoms with Crippen molar-refractivity contribution in [3.05, 3.63) is 82.9 Å². The monoisotopic (exact) mass is 652 g/mol. The summed E-state index contributed by atoms with van der Waals surface area (Å²) in [6, 6.07) is 7.94. The SMILES string of the molecule is COc1cc(C(=O)NC[C@](O)(c2cc3c(c(-c4ccc(F)cc4)n2)OC[C@]3(C)C(N)=O)C(F)(F)F)cc2cc(C(F)(F)F)cnc12. The minimum Gasteiger partial charge on any atom is -0.494 e. The van der Waals surface area contributed by atoms with Gasteiger partial charge >= 0.3 is 12.4 Å². The first-order chi connectivity index (χ1) is 21.4. The fraction of sp³-hybridized carbons (Fsp3) is 0.267. The fourth-order valence-electron chi connectivity index (χ4n) is 4.91. The van der Waals surface area contributed by atoms with Crippen molar-refractivity contribution in [2.75, 3.05) is 20.3 Å². The van der Waals surface area contributed by atoms with E-state index in [4.69, 9.17) is 15.2 Å². The molecule has 16 heteroatoms. The normalized spacial score (nSPS) is 17.6. The third kappa shape index (κ3) is 5.52. The Bertz CT molecular complexity index is 1860. The van der Waals surface area contributed by atoms with Crippen LogP contribution in [-0.2, 0) is 22.0 Å². The number of nitrogens with one attached hydrogen (secondary N) is 1. The number of carbonyl (C=O) groups is 2. The maximum absolute atomic E-state index is 14.7. The smallest absolute Gasteiger partial charge is 0.424 e. The molecule has 5 rings (SSSR count). The van der Waals surface area contributed by atoms with Crippen LogP contribution in [0.15, 0.2) is 54.7 Å². The van der Waals surface area contributed by atoms with Crippen molar-refractivity contribution in [1.82, 2.24) is 15.3 Å². The Hall–Kier alpha value is -4.99. The second-order valence-corrected chi connectivity index (χ2v) is 10.7. The van der Waals surface area contributed by atoms with Gasteiger partial charge in [0.25, 0.3) is 5.91 Å². The number of fused-ring (bicyclic) bond motifs is 2. The van der Waals surface area contributed by atoms with Crippen molar-refractivity contribution in [3.63, 3.8) is 0 Å². The Kier molecular flexibility index (Phi) is 7.83. The molecule has 2 amide bonds. The van der Waals surface area contributed by atoms with Gasteiger partial charge in [0.15, 0.2) is 0 Å². The van der Waals surface area contributed by atoms with Crippen LogP contribution in [0.2, 0.25) is 0 Å². The van der Waals surface area contributed by atoms with Crippen LogP contribution in [0.25, 0.3) is 22.2 Å². The molecule has 4 aromatic rings. The summed E-state index contributed by atoms with van der Waals surface area (Å²) < 4.78 is 108. The van der Waals surface area contributed by atoms with E-state index < -0.39 is 64.4 Å². The molecular weight excluding hydrogens is 629 g/mol. The Balaban J connectivity index is 1.58. The number of ether oxygens (including phenoxy) is 2. The Morgan fingerprint density at radius 1 is 1.09 bits per heavy atom. The molecule has 1 aliphatic rings. The fourth-order valence-corrected chi connectivity index (χ4v) is 4.91. The number of amides is 2. The van der Waals surface area contributed by atoms with Gasteiger partial charge in [0.2, 0.25) is 11.5 Å². The van der Waals surface area contributed by atoms with Crippen LogP contribution in [0.3, 0.4) is 0 Å². The molecule has 2 aromatic carbocycles. The van der Waals surface area contributed by atoms with Crippen molar-refractivity contribution < 1.29 is 54.9 Å². The molecule has 3 heterocycles. The molecule has 1 aliphatic heterocycles. The topological polar surface area (TPSA) is 137 Å². The maximum atomic E-state index is 14.7. The lowest BCUT2D eigenvalue weighted by Crippen LogP contribution is -2.51. The quantitative estimate of drug-likeness (QED) is 0.245. The highest BCUT2D eigenvalue weighted by Gasteiger charge is 2.57. The molecule has 0 spiro atoms. The molecule has 242 valence electrons. The van der Waals surface area contributed by atoms with Crippen molar-refractivity contribution in [3.8, 4) is 22.8 Å². The summed E-state index contributed by atoms with van der Waals surface area (Å²) in [6.07, 6.45) is -9.70. The van der Waals surface area contributed by atoms with E-state index >= 15 is 0 Å². The summed E-state index contributed by atoms with van der Waals surface area (Å²) in [4.78, 5) is 33.2. The van der Waals surface area contributed by atoms with E-state index in [0.717, 1.165) is 37.4 Å². The second kappa shape index (κ2) is 11.1. The number of aliphatic hydroxyl groups is 1. The third-order valence-electron chi connectivity index (χ3n) is 7.69. The van der Waals surface area contributed by atoms with Gasteiger partial charge in [-0.15, -0.1) is 0 Å². The lowest BCUT2D eigenvalue weighted by molar-refractivity contribution is -0.265. The Morgan fingerprint density at radius 2 is 1.76 bits per heavy atom. The van der Waals surface area contributed by atoms with Crippen LogP contribution in [-0.4, -0.2) is 53.3 Å². The predicted molar refractivity (Wildman–Crippen MR) is 147 cm³/mol. The molecule has 0 fully saturated rings. The van der Waals surface area contributed by atoms with Crippen LogP contribution >= 0.6 is 0 Å². The number of alkyl halides is 6. The number of carbonyl (C=O) groups excluding carboxylic acids is 2. The summed E-state index contributed by atoms with van der Waals surface area (Å²) in [5.41, 5.74) is -2.95. The summed E-state index contributed by atoms with van der Waals surface area (Å²) in [6.45, 7) is -0.577. The van der Waals surface area contributed by atoms with Crippen molar-refractivity contribution in [2.24, 2.45) is 5.73 Å². The lowest BCUT2D eigenvalue weighted by Gasteiger charge is -2.31. The van der Waals surface area contributed by atoms with Crippen molar-refractivity contribution >= 4 is 22.7 Å². The first kappa shape index (κ1) is 32.4. The van der Waals surface area contributed by atoms with E-state index in [1.54, 1.807) is 0 Å². The van der Waals surface area contributed by atoms with Crippen LogP contribution in [0.1, 0.15) is 34.1 Å². The Labute approximate surface area is 255 Å². The average molecular weight is 653 g/mol.